The van der Waals surface area contributed by atoms with Gasteiger partial charge in [-0.3, -0.25) is 14.7 Å². The number of pyridine rings is 1. The molecule has 1 aliphatic rings. The van der Waals surface area contributed by atoms with Crippen LogP contribution in [0.4, 0.5) is 4.39 Å². The first kappa shape index (κ1) is 19.5. The van der Waals surface area contributed by atoms with Gasteiger partial charge in [-0.05, 0) is 62.2 Å². The van der Waals surface area contributed by atoms with Gasteiger partial charge < -0.3 is 4.90 Å². The number of likely N-dealkylation sites (tertiary alicyclic amines) is 1. The van der Waals surface area contributed by atoms with Crippen molar-refractivity contribution < 1.29 is 9.18 Å². The average Bonchev–Trinajstić information content (AvgIpc) is 2.91. The van der Waals surface area contributed by atoms with E-state index in [2.05, 4.69) is 16.9 Å². The lowest BCUT2D eigenvalue weighted by molar-refractivity contribution is -0.137. The van der Waals surface area contributed by atoms with Crippen molar-refractivity contribution >= 4 is 5.91 Å². The van der Waals surface area contributed by atoms with E-state index in [1.165, 1.54) is 18.6 Å². The number of likely N-dealkylation sites (N-methyl/N-ethyl adjacent to an activating group) is 1. The number of amides is 1. The molecule has 2 heterocycles. The summed E-state index contributed by atoms with van der Waals surface area (Å²) in [5, 5.41) is 0. The smallest absolute Gasteiger partial charge is 0.240 e. The predicted molar refractivity (Wildman–Crippen MR) is 105 cm³/mol. The molecule has 1 aromatic carbocycles. The molecular weight excluding hydrogens is 341 g/mol. The number of benzene rings is 1. The minimum absolute atomic E-state index is 0.0580. The van der Waals surface area contributed by atoms with Gasteiger partial charge in [-0.2, -0.15) is 0 Å². The largest absolute Gasteiger partial charge is 0.337 e. The van der Waals surface area contributed by atoms with Crippen LogP contribution in [0.2, 0.25) is 0 Å². The van der Waals surface area contributed by atoms with Gasteiger partial charge >= 0.3 is 0 Å². The van der Waals surface area contributed by atoms with Crippen LogP contribution in [0.3, 0.4) is 0 Å². The third-order valence-electron chi connectivity index (χ3n) is 5.30. The van der Waals surface area contributed by atoms with Crippen LogP contribution in [0.15, 0.2) is 48.8 Å². The highest BCUT2D eigenvalue weighted by molar-refractivity contribution is 5.82. The highest BCUT2D eigenvalue weighted by Gasteiger charge is 2.28. The van der Waals surface area contributed by atoms with Gasteiger partial charge in [0.1, 0.15) is 5.82 Å². The molecule has 27 heavy (non-hydrogen) atoms. The summed E-state index contributed by atoms with van der Waals surface area (Å²) in [6.07, 6.45) is 8.62. The Bertz CT molecular complexity index is 720. The van der Waals surface area contributed by atoms with Crippen molar-refractivity contribution in [2.24, 2.45) is 0 Å². The summed E-state index contributed by atoms with van der Waals surface area (Å²) < 4.78 is 13.1. The molecule has 0 saturated carbocycles. The third-order valence-corrected chi connectivity index (χ3v) is 5.30. The molecule has 0 unspecified atom stereocenters. The Balaban J connectivity index is 1.73. The van der Waals surface area contributed by atoms with E-state index < -0.39 is 0 Å². The van der Waals surface area contributed by atoms with Gasteiger partial charge in [-0.25, -0.2) is 4.39 Å². The predicted octanol–water partition coefficient (Wildman–Crippen LogP) is 3.67. The van der Waals surface area contributed by atoms with E-state index in [0.717, 1.165) is 36.9 Å². The molecule has 0 bridgehead atoms. The van der Waals surface area contributed by atoms with Crippen LogP contribution in [0.1, 0.15) is 36.8 Å². The molecule has 0 spiro atoms. The van der Waals surface area contributed by atoms with Gasteiger partial charge in [-0.15, -0.1) is 0 Å². The van der Waals surface area contributed by atoms with Crippen LogP contribution in [0.5, 0.6) is 0 Å². The molecule has 1 fully saturated rings. The molecule has 0 radical (unpaired) electrons. The van der Waals surface area contributed by atoms with Crippen molar-refractivity contribution in [3.05, 3.63) is 65.7 Å². The van der Waals surface area contributed by atoms with Crippen LogP contribution < -0.4 is 0 Å². The number of carbonyl (C=O) groups is 1. The summed E-state index contributed by atoms with van der Waals surface area (Å²) in [6.45, 7) is 2.14. The second-order valence-corrected chi connectivity index (χ2v) is 7.34. The molecule has 0 N–H and O–H groups in total. The highest BCUT2D eigenvalue weighted by atomic mass is 19.1. The highest BCUT2D eigenvalue weighted by Crippen LogP contribution is 2.19. The third kappa shape index (κ3) is 5.60. The van der Waals surface area contributed by atoms with Crippen molar-refractivity contribution in [1.82, 2.24) is 14.8 Å². The summed E-state index contributed by atoms with van der Waals surface area (Å²) in [6, 6.07) is 10.4. The van der Waals surface area contributed by atoms with Crippen LogP contribution in [0.25, 0.3) is 0 Å². The number of halogens is 1. The zero-order valence-corrected chi connectivity index (χ0v) is 16.0. The fraction of sp³-hybridized carbons (Fsp3) is 0.455. The zero-order valence-electron chi connectivity index (χ0n) is 16.0. The number of hydrogen-bond donors (Lipinski definition) is 0. The molecule has 4 nitrogen and oxygen atoms in total. The van der Waals surface area contributed by atoms with Gasteiger partial charge in [0.25, 0.3) is 0 Å². The summed E-state index contributed by atoms with van der Waals surface area (Å²) in [5.41, 5.74) is 2.07. The van der Waals surface area contributed by atoms with Crippen molar-refractivity contribution in [2.45, 2.75) is 44.7 Å². The van der Waals surface area contributed by atoms with Crippen molar-refractivity contribution in [3.63, 3.8) is 0 Å². The molecule has 1 amide bonds. The van der Waals surface area contributed by atoms with E-state index in [1.807, 2.05) is 23.2 Å². The van der Waals surface area contributed by atoms with E-state index in [9.17, 15) is 9.18 Å². The van der Waals surface area contributed by atoms with Gasteiger partial charge in [0.15, 0.2) is 0 Å². The second-order valence-electron chi connectivity index (χ2n) is 7.34. The van der Waals surface area contributed by atoms with Crippen molar-refractivity contribution in [2.75, 3.05) is 20.1 Å². The summed E-state index contributed by atoms with van der Waals surface area (Å²) in [7, 11) is 2.05. The average molecular weight is 369 g/mol. The molecule has 0 aliphatic carbocycles. The van der Waals surface area contributed by atoms with Gasteiger partial charge in [0.05, 0.1) is 6.04 Å². The fourth-order valence-corrected chi connectivity index (χ4v) is 3.67. The van der Waals surface area contributed by atoms with Crippen LogP contribution in [-0.2, 0) is 17.8 Å². The van der Waals surface area contributed by atoms with Crippen LogP contribution >= 0.6 is 0 Å². The molecule has 1 aliphatic heterocycles. The Labute approximate surface area is 161 Å². The van der Waals surface area contributed by atoms with E-state index in [0.29, 0.717) is 19.5 Å². The first-order valence-corrected chi connectivity index (χ1v) is 9.76. The monoisotopic (exact) mass is 369 g/mol. The maximum absolute atomic E-state index is 13.3. The Hall–Kier alpha value is -2.27. The van der Waals surface area contributed by atoms with E-state index >= 15 is 0 Å². The van der Waals surface area contributed by atoms with Crippen molar-refractivity contribution in [3.8, 4) is 0 Å². The topological polar surface area (TPSA) is 36.4 Å². The summed E-state index contributed by atoms with van der Waals surface area (Å²) >= 11 is 0. The maximum Gasteiger partial charge on any atom is 0.240 e. The van der Waals surface area contributed by atoms with E-state index in [-0.39, 0.29) is 17.8 Å². The normalized spacial score (nSPS) is 18.1. The van der Waals surface area contributed by atoms with Gasteiger partial charge in [0.2, 0.25) is 5.91 Å². The molecular formula is C22H28FN3O. The van der Waals surface area contributed by atoms with E-state index in [1.54, 1.807) is 18.3 Å². The Morgan fingerprint density at radius 1 is 1.19 bits per heavy atom. The minimum atomic E-state index is -0.234. The Morgan fingerprint density at radius 3 is 2.74 bits per heavy atom. The molecule has 5 heteroatoms. The molecule has 144 valence electrons. The molecule has 1 saturated heterocycles. The first-order chi connectivity index (χ1) is 13.1. The van der Waals surface area contributed by atoms with Gasteiger partial charge in [0, 0.05) is 25.5 Å². The number of rotatable bonds is 6. The quantitative estimate of drug-likeness (QED) is 0.780. The number of aromatic nitrogens is 1. The second kappa shape index (κ2) is 9.60. The summed E-state index contributed by atoms with van der Waals surface area (Å²) in [5.74, 6) is -0.0486. The van der Waals surface area contributed by atoms with Crippen molar-refractivity contribution in [1.29, 1.82) is 0 Å². The SMILES string of the molecule is CN1CCCCC[C@H]1C(=O)N(CCc1ccc(F)cc1)Cc1cccnc1. The summed E-state index contributed by atoms with van der Waals surface area (Å²) in [4.78, 5) is 21.7. The standard InChI is InChI=1S/C22H28FN3O/c1-25-14-4-2-3-7-21(25)22(27)26(17-19-6-5-13-24-16-19)15-12-18-8-10-20(23)11-9-18/h5-6,8-11,13,16,21H,2-4,7,12,14-15,17H2,1H3/t21-/m0/s1. The van der Waals surface area contributed by atoms with E-state index in [4.69, 9.17) is 0 Å². The number of carbonyl (C=O) groups excluding carboxylic acids is 1. The van der Waals surface area contributed by atoms with Crippen LogP contribution in [0, 0.1) is 5.82 Å². The molecule has 3 rings (SSSR count). The lowest BCUT2D eigenvalue weighted by atomic mass is 10.1. The maximum atomic E-state index is 13.3. The number of nitrogens with zero attached hydrogens (tertiary/aromatic N) is 3. The fourth-order valence-electron chi connectivity index (χ4n) is 3.67. The Kier molecular flexibility index (Phi) is 6.93. The number of hydrogen-bond acceptors (Lipinski definition) is 3. The molecule has 1 atom stereocenters. The first-order valence-electron chi connectivity index (χ1n) is 9.76. The lowest BCUT2D eigenvalue weighted by Gasteiger charge is -2.31. The van der Waals surface area contributed by atoms with Gasteiger partial charge in [-0.1, -0.05) is 31.0 Å². The molecule has 2 aromatic rings. The van der Waals surface area contributed by atoms with Crippen LogP contribution in [-0.4, -0.2) is 46.9 Å². The molecule has 1 aromatic heterocycles. The lowest BCUT2D eigenvalue weighted by Crippen LogP contribution is -2.47. The Morgan fingerprint density at radius 2 is 2.00 bits per heavy atom. The zero-order chi connectivity index (χ0) is 19.1. The minimum Gasteiger partial charge on any atom is -0.337 e.